The summed E-state index contributed by atoms with van der Waals surface area (Å²) in [6, 6.07) is 11.7. The van der Waals surface area contributed by atoms with E-state index in [1.54, 1.807) is 59.4 Å². The van der Waals surface area contributed by atoms with Crippen molar-refractivity contribution in [2.75, 3.05) is 4.72 Å². The van der Waals surface area contributed by atoms with E-state index in [0.29, 0.717) is 5.69 Å². The molecular formula is C13H10BrN3O2S. The van der Waals surface area contributed by atoms with Gasteiger partial charge in [0.15, 0.2) is 0 Å². The van der Waals surface area contributed by atoms with E-state index < -0.39 is 10.0 Å². The van der Waals surface area contributed by atoms with E-state index in [9.17, 15) is 8.42 Å². The lowest BCUT2D eigenvalue weighted by molar-refractivity contribution is 0.601. The van der Waals surface area contributed by atoms with E-state index in [1.165, 1.54) is 0 Å². The van der Waals surface area contributed by atoms with Gasteiger partial charge in [-0.05, 0) is 42.5 Å². The monoisotopic (exact) mass is 351 g/mol. The van der Waals surface area contributed by atoms with Crippen LogP contribution in [0.2, 0.25) is 0 Å². The van der Waals surface area contributed by atoms with Crippen molar-refractivity contribution in [3.63, 3.8) is 0 Å². The first kappa shape index (κ1) is 13.1. The predicted molar refractivity (Wildman–Crippen MR) is 80.1 cm³/mol. The Morgan fingerprint density at radius 2 is 1.85 bits per heavy atom. The fraction of sp³-hybridized carbons (Fsp3) is 0. The number of aromatic nitrogens is 2. The summed E-state index contributed by atoms with van der Waals surface area (Å²) in [5.41, 5.74) is 1.32. The van der Waals surface area contributed by atoms with Crippen molar-refractivity contribution in [2.24, 2.45) is 0 Å². The second-order valence-corrected chi connectivity index (χ2v) is 6.77. The normalized spacial score (nSPS) is 11.7. The van der Waals surface area contributed by atoms with Crippen molar-refractivity contribution in [3.8, 4) is 0 Å². The third kappa shape index (κ3) is 2.54. The van der Waals surface area contributed by atoms with E-state index in [2.05, 4.69) is 25.8 Å². The van der Waals surface area contributed by atoms with E-state index in [1.807, 2.05) is 0 Å². The van der Waals surface area contributed by atoms with Crippen LogP contribution in [0, 0.1) is 0 Å². The number of anilines is 1. The highest BCUT2D eigenvalue weighted by atomic mass is 79.9. The van der Waals surface area contributed by atoms with Gasteiger partial charge in [-0.25, -0.2) is 12.9 Å². The van der Waals surface area contributed by atoms with Crippen molar-refractivity contribution < 1.29 is 8.42 Å². The smallest absolute Gasteiger partial charge is 0.261 e. The summed E-state index contributed by atoms with van der Waals surface area (Å²) in [4.78, 5) is 0.217. The fourth-order valence-electron chi connectivity index (χ4n) is 1.81. The molecule has 0 fully saturated rings. The molecule has 0 radical (unpaired) electrons. The number of hydrogen-bond donors (Lipinski definition) is 1. The fourth-order valence-corrected chi connectivity index (χ4v) is 3.13. The van der Waals surface area contributed by atoms with Gasteiger partial charge in [0.25, 0.3) is 10.0 Å². The number of pyridine rings is 1. The molecule has 7 heteroatoms. The molecule has 0 atom stereocenters. The van der Waals surface area contributed by atoms with Crippen LogP contribution in [0.5, 0.6) is 0 Å². The van der Waals surface area contributed by atoms with Crippen LogP contribution in [0.3, 0.4) is 0 Å². The molecule has 0 spiro atoms. The zero-order valence-corrected chi connectivity index (χ0v) is 12.6. The number of halogens is 1. The summed E-state index contributed by atoms with van der Waals surface area (Å²) in [7, 11) is -3.58. The molecule has 1 aromatic carbocycles. The van der Waals surface area contributed by atoms with Crippen molar-refractivity contribution in [1.82, 2.24) is 9.61 Å². The first-order chi connectivity index (χ1) is 9.54. The Bertz CT molecular complexity index is 857. The van der Waals surface area contributed by atoms with E-state index in [4.69, 9.17) is 0 Å². The topological polar surface area (TPSA) is 63.5 Å². The minimum atomic E-state index is -3.58. The van der Waals surface area contributed by atoms with Crippen LogP contribution in [0.25, 0.3) is 5.52 Å². The average molecular weight is 352 g/mol. The van der Waals surface area contributed by atoms with Gasteiger partial charge < -0.3 is 0 Å². The lowest BCUT2D eigenvalue weighted by atomic mass is 10.4. The van der Waals surface area contributed by atoms with Gasteiger partial charge >= 0.3 is 0 Å². The minimum Gasteiger partial charge on any atom is -0.279 e. The van der Waals surface area contributed by atoms with Crippen molar-refractivity contribution in [1.29, 1.82) is 0 Å². The summed E-state index contributed by atoms with van der Waals surface area (Å²) in [5.74, 6) is 0. The van der Waals surface area contributed by atoms with Crippen LogP contribution in [0.1, 0.15) is 0 Å². The van der Waals surface area contributed by atoms with E-state index in [-0.39, 0.29) is 4.90 Å². The molecular weight excluding hydrogens is 342 g/mol. The Balaban J connectivity index is 1.94. The number of nitrogens with zero attached hydrogens (tertiary/aromatic N) is 2. The van der Waals surface area contributed by atoms with Crippen LogP contribution < -0.4 is 4.72 Å². The highest BCUT2D eigenvalue weighted by Crippen LogP contribution is 2.19. The number of fused-ring (bicyclic) bond motifs is 1. The molecule has 0 aliphatic carbocycles. The second kappa shape index (κ2) is 4.92. The lowest BCUT2D eigenvalue weighted by Gasteiger charge is -2.08. The Morgan fingerprint density at radius 1 is 1.10 bits per heavy atom. The molecule has 0 saturated heterocycles. The summed E-state index contributed by atoms with van der Waals surface area (Å²) >= 11 is 3.28. The first-order valence-corrected chi connectivity index (χ1v) is 8.04. The van der Waals surface area contributed by atoms with Crippen molar-refractivity contribution in [2.45, 2.75) is 4.90 Å². The van der Waals surface area contributed by atoms with E-state index >= 15 is 0 Å². The van der Waals surface area contributed by atoms with Gasteiger partial charge in [-0.1, -0.05) is 15.9 Å². The second-order valence-electron chi connectivity index (χ2n) is 4.18. The largest absolute Gasteiger partial charge is 0.279 e. The molecule has 0 aliphatic heterocycles. The molecule has 0 bridgehead atoms. The van der Waals surface area contributed by atoms with E-state index in [0.717, 1.165) is 9.99 Å². The van der Waals surface area contributed by atoms with Gasteiger partial charge in [0.05, 0.1) is 16.1 Å². The van der Waals surface area contributed by atoms with Gasteiger partial charge in [0.1, 0.15) is 0 Å². The van der Waals surface area contributed by atoms with Crippen molar-refractivity contribution >= 4 is 37.2 Å². The maximum absolute atomic E-state index is 12.2. The van der Waals surface area contributed by atoms with Crippen LogP contribution >= 0.6 is 15.9 Å². The molecule has 2 aromatic heterocycles. The number of hydrogen-bond acceptors (Lipinski definition) is 3. The molecule has 20 heavy (non-hydrogen) atoms. The Kier molecular flexibility index (Phi) is 3.23. The molecule has 1 N–H and O–H groups in total. The van der Waals surface area contributed by atoms with Gasteiger partial charge in [0, 0.05) is 16.9 Å². The third-order valence-electron chi connectivity index (χ3n) is 2.78. The highest BCUT2D eigenvalue weighted by molar-refractivity contribution is 9.10. The standard InChI is InChI=1S/C13H10BrN3O2S/c14-10-1-3-13(4-2-10)20(18,19)16-11-6-8-17-12(9-11)5-7-15-17/h1-9,16H. The van der Waals surface area contributed by atoms with Crippen LogP contribution in [0.15, 0.2) is 64.2 Å². The zero-order chi connectivity index (χ0) is 14.2. The zero-order valence-electron chi connectivity index (χ0n) is 10.2. The number of benzene rings is 1. The molecule has 0 unspecified atom stereocenters. The first-order valence-electron chi connectivity index (χ1n) is 5.76. The summed E-state index contributed by atoms with van der Waals surface area (Å²) in [6.45, 7) is 0. The Morgan fingerprint density at radius 3 is 2.60 bits per heavy atom. The molecule has 0 amide bonds. The summed E-state index contributed by atoms with van der Waals surface area (Å²) in [6.07, 6.45) is 3.36. The molecule has 0 saturated carbocycles. The third-order valence-corrected chi connectivity index (χ3v) is 4.70. The average Bonchev–Trinajstić information content (AvgIpc) is 2.86. The summed E-state index contributed by atoms with van der Waals surface area (Å²) < 4.78 is 29.5. The predicted octanol–water partition coefficient (Wildman–Crippen LogP) is 2.90. The molecule has 102 valence electrons. The van der Waals surface area contributed by atoms with Gasteiger partial charge in [0.2, 0.25) is 0 Å². The highest BCUT2D eigenvalue weighted by Gasteiger charge is 2.14. The maximum Gasteiger partial charge on any atom is 0.261 e. The lowest BCUT2D eigenvalue weighted by Crippen LogP contribution is -2.12. The van der Waals surface area contributed by atoms with Crippen LogP contribution in [0.4, 0.5) is 5.69 Å². The maximum atomic E-state index is 12.2. The van der Waals surface area contributed by atoms with Crippen LogP contribution in [-0.4, -0.2) is 18.0 Å². The SMILES string of the molecule is O=S(=O)(Nc1ccn2nccc2c1)c1ccc(Br)cc1. The van der Waals surface area contributed by atoms with Crippen LogP contribution in [-0.2, 0) is 10.0 Å². The molecule has 2 heterocycles. The molecule has 3 rings (SSSR count). The molecule has 3 aromatic rings. The van der Waals surface area contributed by atoms with Gasteiger partial charge in [-0.2, -0.15) is 5.10 Å². The number of rotatable bonds is 3. The van der Waals surface area contributed by atoms with Crippen molar-refractivity contribution in [3.05, 3.63) is 59.3 Å². The quantitative estimate of drug-likeness (QED) is 0.788. The van der Waals surface area contributed by atoms with Gasteiger partial charge in [-0.3, -0.25) is 4.72 Å². The minimum absolute atomic E-state index is 0.217. The Labute approximate surface area is 124 Å². The summed E-state index contributed by atoms with van der Waals surface area (Å²) in [5, 5.41) is 4.06. The number of nitrogens with one attached hydrogen (secondary N) is 1. The van der Waals surface area contributed by atoms with Gasteiger partial charge in [-0.15, -0.1) is 0 Å². The molecule has 0 aliphatic rings. The Hall–Kier alpha value is -1.86. The molecule has 5 nitrogen and oxygen atoms in total. The number of sulfonamides is 1.